The number of fused-ring (bicyclic) bond motifs is 1. The van der Waals surface area contributed by atoms with Gasteiger partial charge in [0.15, 0.2) is 0 Å². The fourth-order valence-electron chi connectivity index (χ4n) is 1.33. The lowest BCUT2D eigenvalue weighted by Crippen LogP contribution is -2.06. The van der Waals surface area contributed by atoms with Gasteiger partial charge in [-0.3, -0.25) is 4.79 Å². The number of hydrogen-bond donors (Lipinski definition) is 1. The number of aliphatic carboxylic acids is 1. The highest BCUT2D eigenvalue weighted by molar-refractivity contribution is 5.70. The van der Waals surface area contributed by atoms with Crippen molar-refractivity contribution in [2.24, 2.45) is 0 Å². The Morgan fingerprint density at radius 2 is 2.36 bits per heavy atom. The van der Waals surface area contributed by atoms with E-state index < -0.39 is 5.97 Å². The topological polar surface area (TPSA) is 67.5 Å². The van der Waals surface area contributed by atoms with Crippen molar-refractivity contribution in [3.05, 3.63) is 29.8 Å². The lowest BCUT2D eigenvalue weighted by molar-refractivity contribution is -0.136. The number of hydrogen-bond acceptors (Lipinski definition) is 3. The van der Waals surface area contributed by atoms with Gasteiger partial charge in [0.2, 0.25) is 0 Å². The largest absolute Gasteiger partial charge is 0.481 e. The Labute approximate surface area is 80.0 Å². The maximum atomic E-state index is 10.5. The first-order valence-electron chi connectivity index (χ1n) is 4.19. The van der Waals surface area contributed by atoms with Crippen LogP contribution >= 0.6 is 0 Å². The number of carboxylic acid groups (broad SMARTS) is 1. The predicted molar refractivity (Wildman–Crippen MR) is 49.1 cm³/mol. The lowest BCUT2D eigenvalue weighted by Gasteiger charge is -1.99. The number of carboxylic acids is 1. The van der Waals surface area contributed by atoms with Crippen molar-refractivity contribution in [2.45, 2.75) is 13.3 Å². The first-order chi connectivity index (χ1) is 6.66. The summed E-state index contributed by atoms with van der Waals surface area (Å²) in [6.07, 6.45) is 1.65. The van der Waals surface area contributed by atoms with Gasteiger partial charge >= 0.3 is 5.97 Å². The highest BCUT2D eigenvalue weighted by Crippen LogP contribution is 2.08. The predicted octanol–water partition coefficient (Wildman–Crippen LogP) is 0.665. The summed E-state index contributed by atoms with van der Waals surface area (Å²) in [5, 5.41) is 12.8. The molecule has 5 heteroatoms. The van der Waals surface area contributed by atoms with Crippen molar-refractivity contribution in [3.8, 4) is 0 Å². The standard InChI is InChI=1S/C9H9N3O2/c1-6-10-5-8-3-2-7(4-9(13)14)12(8)11-6/h2-3,5H,4H2,1H3,(H,13,14). The number of nitrogens with zero attached hydrogens (tertiary/aromatic N) is 3. The van der Waals surface area contributed by atoms with Crippen LogP contribution in [0.3, 0.4) is 0 Å². The van der Waals surface area contributed by atoms with Gasteiger partial charge < -0.3 is 5.11 Å². The second-order valence-electron chi connectivity index (χ2n) is 3.04. The molecule has 0 aromatic carbocycles. The number of rotatable bonds is 2. The Hall–Kier alpha value is -1.91. The van der Waals surface area contributed by atoms with Gasteiger partial charge in [0.05, 0.1) is 23.8 Å². The molecule has 0 aliphatic heterocycles. The van der Waals surface area contributed by atoms with Crippen molar-refractivity contribution in [1.29, 1.82) is 0 Å². The summed E-state index contributed by atoms with van der Waals surface area (Å²) in [5.74, 6) is -0.235. The third-order valence-electron chi connectivity index (χ3n) is 1.92. The van der Waals surface area contributed by atoms with Crippen molar-refractivity contribution < 1.29 is 9.90 Å². The number of aromatic nitrogens is 3. The highest BCUT2D eigenvalue weighted by atomic mass is 16.4. The van der Waals surface area contributed by atoms with Crippen LogP contribution in [0, 0.1) is 6.92 Å². The zero-order chi connectivity index (χ0) is 10.1. The molecule has 0 amide bonds. The van der Waals surface area contributed by atoms with E-state index in [0.29, 0.717) is 11.5 Å². The van der Waals surface area contributed by atoms with Crippen LogP contribution in [-0.4, -0.2) is 25.7 Å². The van der Waals surface area contributed by atoms with Crippen LogP contribution in [0.25, 0.3) is 5.52 Å². The summed E-state index contributed by atoms with van der Waals surface area (Å²) >= 11 is 0. The lowest BCUT2D eigenvalue weighted by atomic mass is 10.3. The van der Waals surface area contributed by atoms with Gasteiger partial charge in [0.1, 0.15) is 5.82 Å². The molecule has 0 radical (unpaired) electrons. The minimum atomic E-state index is -0.860. The highest BCUT2D eigenvalue weighted by Gasteiger charge is 2.07. The SMILES string of the molecule is Cc1ncc2ccc(CC(=O)O)n2n1. The molecule has 0 atom stereocenters. The van der Waals surface area contributed by atoms with Gasteiger partial charge in [-0.25, -0.2) is 9.50 Å². The minimum absolute atomic E-state index is 0.0232. The first-order valence-corrected chi connectivity index (χ1v) is 4.19. The van der Waals surface area contributed by atoms with Crippen LogP contribution in [0.15, 0.2) is 18.3 Å². The van der Waals surface area contributed by atoms with Crippen LogP contribution in [-0.2, 0) is 11.2 Å². The summed E-state index contributed by atoms with van der Waals surface area (Å²) in [6, 6.07) is 3.55. The second-order valence-corrected chi connectivity index (χ2v) is 3.04. The molecule has 5 nitrogen and oxygen atoms in total. The van der Waals surface area contributed by atoms with E-state index >= 15 is 0 Å². The van der Waals surface area contributed by atoms with E-state index in [1.54, 1.807) is 29.8 Å². The molecule has 14 heavy (non-hydrogen) atoms. The fourth-order valence-corrected chi connectivity index (χ4v) is 1.33. The summed E-state index contributed by atoms with van der Waals surface area (Å²) in [4.78, 5) is 14.6. The molecule has 0 aliphatic rings. The Morgan fingerprint density at radius 3 is 3.07 bits per heavy atom. The molecule has 0 unspecified atom stereocenters. The molecule has 0 bridgehead atoms. The smallest absolute Gasteiger partial charge is 0.309 e. The number of aryl methyl sites for hydroxylation is 1. The van der Waals surface area contributed by atoms with Gasteiger partial charge in [-0.15, -0.1) is 0 Å². The molecule has 1 N–H and O–H groups in total. The van der Waals surface area contributed by atoms with Crippen LogP contribution in [0.1, 0.15) is 11.5 Å². The molecule has 0 fully saturated rings. The zero-order valence-electron chi connectivity index (χ0n) is 7.64. The normalized spacial score (nSPS) is 10.6. The third kappa shape index (κ3) is 1.44. The van der Waals surface area contributed by atoms with E-state index in [1.165, 1.54) is 0 Å². The van der Waals surface area contributed by atoms with Crippen LogP contribution in [0.4, 0.5) is 0 Å². The quantitative estimate of drug-likeness (QED) is 0.757. The van der Waals surface area contributed by atoms with Gasteiger partial charge in [0.25, 0.3) is 0 Å². The molecule has 0 spiro atoms. The molecule has 72 valence electrons. The molecular formula is C9H9N3O2. The number of carbonyl (C=O) groups is 1. The molecule has 2 heterocycles. The molecule has 2 aromatic rings. The van der Waals surface area contributed by atoms with Gasteiger partial charge in [0, 0.05) is 0 Å². The van der Waals surface area contributed by atoms with E-state index in [-0.39, 0.29) is 6.42 Å². The van der Waals surface area contributed by atoms with Gasteiger partial charge in [-0.2, -0.15) is 5.10 Å². The zero-order valence-corrected chi connectivity index (χ0v) is 7.64. The first kappa shape index (κ1) is 8.68. The average molecular weight is 191 g/mol. The van der Waals surface area contributed by atoms with E-state index in [2.05, 4.69) is 10.1 Å². The third-order valence-corrected chi connectivity index (χ3v) is 1.92. The van der Waals surface area contributed by atoms with E-state index in [4.69, 9.17) is 5.11 Å². The summed E-state index contributed by atoms with van der Waals surface area (Å²) in [7, 11) is 0. The summed E-state index contributed by atoms with van der Waals surface area (Å²) < 4.78 is 1.61. The minimum Gasteiger partial charge on any atom is -0.481 e. The van der Waals surface area contributed by atoms with E-state index in [1.807, 2.05) is 0 Å². The fraction of sp³-hybridized carbons (Fsp3) is 0.222. The van der Waals surface area contributed by atoms with Crippen LogP contribution in [0.5, 0.6) is 0 Å². The maximum absolute atomic E-state index is 10.5. The Bertz CT molecular complexity index is 490. The Morgan fingerprint density at radius 1 is 1.57 bits per heavy atom. The van der Waals surface area contributed by atoms with Gasteiger partial charge in [-0.05, 0) is 19.1 Å². The average Bonchev–Trinajstić information content (AvgIpc) is 2.47. The van der Waals surface area contributed by atoms with Crippen LogP contribution in [0.2, 0.25) is 0 Å². The molecule has 0 saturated carbocycles. The molecule has 0 saturated heterocycles. The van der Waals surface area contributed by atoms with E-state index in [0.717, 1.165) is 5.52 Å². The van der Waals surface area contributed by atoms with Crippen molar-refractivity contribution >= 4 is 11.5 Å². The van der Waals surface area contributed by atoms with Crippen LogP contribution < -0.4 is 0 Å². The molecule has 2 rings (SSSR count). The Kier molecular flexibility index (Phi) is 1.92. The Balaban J connectivity index is 2.55. The molecule has 2 aromatic heterocycles. The molecule has 0 aliphatic carbocycles. The van der Waals surface area contributed by atoms with Crippen molar-refractivity contribution in [2.75, 3.05) is 0 Å². The van der Waals surface area contributed by atoms with Crippen molar-refractivity contribution in [3.63, 3.8) is 0 Å². The molecular weight excluding hydrogens is 182 g/mol. The maximum Gasteiger partial charge on any atom is 0.309 e. The van der Waals surface area contributed by atoms with Gasteiger partial charge in [-0.1, -0.05) is 0 Å². The summed E-state index contributed by atoms with van der Waals surface area (Å²) in [6.45, 7) is 1.77. The van der Waals surface area contributed by atoms with Crippen molar-refractivity contribution in [1.82, 2.24) is 14.6 Å². The monoisotopic (exact) mass is 191 g/mol. The summed E-state index contributed by atoms with van der Waals surface area (Å²) in [5.41, 5.74) is 1.48. The van der Waals surface area contributed by atoms with E-state index in [9.17, 15) is 4.79 Å². The second kappa shape index (κ2) is 3.10.